The highest BCUT2D eigenvalue weighted by Crippen LogP contribution is 2.34. The summed E-state index contributed by atoms with van der Waals surface area (Å²) in [6.07, 6.45) is -4.06. The van der Waals surface area contributed by atoms with Crippen molar-refractivity contribution in [3.05, 3.63) is 69.4 Å². The van der Waals surface area contributed by atoms with Crippen molar-refractivity contribution in [3.63, 3.8) is 0 Å². The van der Waals surface area contributed by atoms with Gasteiger partial charge in [0.15, 0.2) is 5.43 Å². The van der Waals surface area contributed by atoms with Crippen LogP contribution in [-0.4, -0.2) is 33.3 Å². The van der Waals surface area contributed by atoms with Gasteiger partial charge in [-0.1, -0.05) is 11.6 Å². The van der Waals surface area contributed by atoms with Crippen molar-refractivity contribution in [1.82, 2.24) is 9.47 Å². The molecular weight excluding hydrogens is 409 g/mol. The Labute approximate surface area is 177 Å². The summed E-state index contributed by atoms with van der Waals surface area (Å²) in [4.78, 5) is 14.5. The molecule has 1 N–H and O–H groups in total. The molecule has 0 aliphatic carbocycles. The molecule has 1 fully saturated rings. The average Bonchev–Trinajstić information content (AvgIpc) is 3.10. The van der Waals surface area contributed by atoms with Gasteiger partial charge in [-0.2, -0.15) is 13.2 Å². The van der Waals surface area contributed by atoms with Gasteiger partial charge in [-0.25, -0.2) is 0 Å². The van der Waals surface area contributed by atoms with Crippen LogP contribution >= 0.6 is 0 Å². The van der Waals surface area contributed by atoms with Crippen LogP contribution in [0.5, 0.6) is 0 Å². The lowest BCUT2D eigenvalue weighted by Crippen LogP contribution is -2.47. The Kier molecular flexibility index (Phi) is 5.47. The van der Waals surface area contributed by atoms with E-state index in [0.29, 0.717) is 38.5 Å². The maximum absolute atomic E-state index is 13.8. The maximum Gasteiger partial charge on any atom is 0.431 e. The Morgan fingerprint density at radius 2 is 1.81 bits per heavy atom. The fraction of sp³-hybridized carbons (Fsp3) is 0.435. The first kappa shape index (κ1) is 21.6. The van der Waals surface area contributed by atoms with Crippen LogP contribution in [0.4, 0.5) is 13.2 Å². The standard InChI is InChI=1S/C23H25F3N2O3/c1-15-3-6-19-18(11-15)20(29)12-21(23(24,25)26)28(19)14-22(30)7-9-27(10-8-22)13-17-5-4-16(2)31-17/h3-6,11-12,30H,7-10,13-14H2,1-2H3. The van der Waals surface area contributed by atoms with Crippen molar-refractivity contribution in [2.75, 3.05) is 13.1 Å². The zero-order chi connectivity index (χ0) is 22.4. The Bertz CT molecular complexity index is 1160. The molecule has 1 saturated heterocycles. The van der Waals surface area contributed by atoms with Crippen molar-refractivity contribution < 1.29 is 22.7 Å². The van der Waals surface area contributed by atoms with E-state index in [2.05, 4.69) is 4.90 Å². The highest BCUT2D eigenvalue weighted by atomic mass is 19.4. The lowest BCUT2D eigenvalue weighted by Gasteiger charge is -2.39. The Morgan fingerprint density at radius 3 is 2.42 bits per heavy atom. The van der Waals surface area contributed by atoms with E-state index in [1.54, 1.807) is 19.1 Å². The summed E-state index contributed by atoms with van der Waals surface area (Å²) in [5, 5.41) is 11.4. The lowest BCUT2D eigenvalue weighted by atomic mass is 9.90. The predicted molar refractivity (Wildman–Crippen MR) is 111 cm³/mol. The summed E-state index contributed by atoms with van der Waals surface area (Å²) in [5.41, 5.74) is -2.03. The molecule has 0 spiro atoms. The molecule has 0 saturated carbocycles. The Balaban J connectivity index is 1.62. The number of hydrogen-bond acceptors (Lipinski definition) is 4. The van der Waals surface area contributed by atoms with Crippen LogP contribution in [-0.2, 0) is 19.3 Å². The number of piperidine rings is 1. The first-order chi connectivity index (χ1) is 14.5. The van der Waals surface area contributed by atoms with Gasteiger partial charge in [-0.05, 0) is 51.0 Å². The van der Waals surface area contributed by atoms with Gasteiger partial charge < -0.3 is 14.1 Å². The lowest BCUT2D eigenvalue weighted by molar-refractivity contribution is -0.145. The van der Waals surface area contributed by atoms with Gasteiger partial charge in [-0.15, -0.1) is 0 Å². The molecule has 0 atom stereocenters. The molecule has 0 radical (unpaired) electrons. The number of aliphatic hydroxyl groups is 1. The molecule has 2 aromatic heterocycles. The van der Waals surface area contributed by atoms with Crippen molar-refractivity contribution in [2.24, 2.45) is 0 Å². The summed E-state index contributed by atoms with van der Waals surface area (Å²) >= 11 is 0. The normalized spacial score (nSPS) is 17.4. The van der Waals surface area contributed by atoms with E-state index in [0.717, 1.165) is 21.7 Å². The number of fused-ring (bicyclic) bond motifs is 1. The minimum Gasteiger partial charge on any atom is -0.465 e. The summed E-state index contributed by atoms with van der Waals surface area (Å²) in [6, 6.07) is 9.22. The summed E-state index contributed by atoms with van der Waals surface area (Å²) in [6.45, 7) is 5.09. The number of aryl methyl sites for hydroxylation is 2. The molecule has 1 aliphatic rings. The van der Waals surface area contributed by atoms with Gasteiger partial charge >= 0.3 is 6.18 Å². The second kappa shape index (κ2) is 7.84. The van der Waals surface area contributed by atoms with Gasteiger partial charge in [0, 0.05) is 24.5 Å². The van der Waals surface area contributed by atoms with Gasteiger partial charge in [0.1, 0.15) is 17.2 Å². The first-order valence-electron chi connectivity index (χ1n) is 10.3. The largest absolute Gasteiger partial charge is 0.465 e. The third-order valence-corrected chi connectivity index (χ3v) is 5.97. The average molecular weight is 434 g/mol. The third kappa shape index (κ3) is 4.55. The second-order valence-corrected chi connectivity index (χ2v) is 8.51. The molecule has 1 aromatic carbocycles. The molecule has 31 heavy (non-hydrogen) atoms. The minimum atomic E-state index is -4.70. The van der Waals surface area contributed by atoms with Gasteiger partial charge in [0.2, 0.25) is 0 Å². The van der Waals surface area contributed by atoms with E-state index in [1.165, 1.54) is 6.07 Å². The van der Waals surface area contributed by atoms with Crippen molar-refractivity contribution in [3.8, 4) is 0 Å². The number of rotatable bonds is 4. The third-order valence-electron chi connectivity index (χ3n) is 5.97. The molecular formula is C23H25F3N2O3. The number of furan rings is 1. The highest BCUT2D eigenvalue weighted by Gasteiger charge is 2.39. The zero-order valence-corrected chi connectivity index (χ0v) is 17.5. The quantitative estimate of drug-likeness (QED) is 0.667. The molecule has 4 rings (SSSR count). The predicted octanol–water partition coefficient (Wildman–Crippen LogP) is 4.26. The summed E-state index contributed by atoms with van der Waals surface area (Å²) in [5.74, 6) is 1.65. The van der Waals surface area contributed by atoms with Crippen molar-refractivity contribution in [2.45, 2.75) is 51.6 Å². The van der Waals surface area contributed by atoms with Crippen LogP contribution in [0.25, 0.3) is 10.9 Å². The van der Waals surface area contributed by atoms with Gasteiger partial charge in [-0.3, -0.25) is 9.69 Å². The molecule has 5 nitrogen and oxygen atoms in total. The molecule has 3 aromatic rings. The summed E-state index contributed by atoms with van der Waals surface area (Å²) < 4.78 is 47.9. The van der Waals surface area contributed by atoms with E-state index < -0.39 is 22.9 Å². The Hall–Kier alpha value is -2.58. The van der Waals surface area contributed by atoms with E-state index in [1.807, 2.05) is 19.1 Å². The van der Waals surface area contributed by atoms with Gasteiger partial charge in [0.05, 0.1) is 24.2 Å². The smallest absolute Gasteiger partial charge is 0.431 e. The SMILES string of the molecule is Cc1ccc2c(c1)c(=O)cc(C(F)(F)F)n2CC1(O)CCN(Cc2ccc(C)o2)CC1. The summed E-state index contributed by atoms with van der Waals surface area (Å²) in [7, 11) is 0. The minimum absolute atomic E-state index is 0.187. The molecule has 166 valence electrons. The topological polar surface area (TPSA) is 58.6 Å². The first-order valence-corrected chi connectivity index (χ1v) is 10.3. The van der Waals surface area contributed by atoms with Crippen LogP contribution in [0.2, 0.25) is 0 Å². The van der Waals surface area contributed by atoms with Crippen LogP contribution in [0, 0.1) is 13.8 Å². The van der Waals surface area contributed by atoms with Crippen LogP contribution in [0.3, 0.4) is 0 Å². The second-order valence-electron chi connectivity index (χ2n) is 8.51. The molecule has 0 amide bonds. The van der Waals surface area contributed by atoms with E-state index in [9.17, 15) is 23.1 Å². The Morgan fingerprint density at radius 1 is 1.10 bits per heavy atom. The number of hydrogen-bond donors (Lipinski definition) is 1. The number of likely N-dealkylation sites (tertiary alicyclic amines) is 1. The van der Waals surface area contributed by atoms with E-state index >= 15 is 0 Å². The monoisotopic (exact) mass is 434 g/mol. The zero-order valence-electron chi connectivity index (χ0n) is 17.5. The maximum atomic E-state index is 13.8. The van der Waals surface area contributed by atoms with Crippen LogP contribution in [0.15, 0.2) is 45.6 Å². The molecule has 3 heterocycles. The fourth-order valence-corrected chi connectivity index (χ4v) is 4.27. The molecule has 0 bridgehead atoms. The van der Waals surface area contributed by atoms with Crippen LogP contribution in [0.1, 0.15) is 35.6 Å². The number of nitrogens with zero attached hydrogens (tertiary/aromatic N) is 2. The number of aromatic nitrogens is 1. The van der Waals surface area contributed by atoms with Gasteiger partial charge in [0.25, 0.3) is 0 Å². The fourth-order valence-electron chi connectivity index (χ4n) is 4.27. The highest BCUT2D eigenvalue weighted by molar-refractivity contribution is 5.80. The van der Waals surface area contributed by atoms with Crippen LogP contribution < -0.4 is 5.43 Å². The molecule has 0 unspecified atom stereocenters. The van der Waals surface area contributed by atoms with Crippen molar-refractivity contribution in [1.29, 1.82) is 0 Å². The van der Waals surface area contributed by atoms with E-state index in [-0.39, 0.29) is 17.4 Å². The number of benzene rings is 1. The van der Waals surface area contributed by atoms with Crippen molar-refractivity contribution >= 4 is 10.9 Å². The number of pyridine rings is 1. The number of alkyl halides is 3. The number of halogens is 3. The van der Waals surface area contributed by atoms with E-state index in [4.69, 9.17) is 4.42 Å². The molecule has 1 aliphatic heterocycles. The molecule has 8 heteroatoms.